The smallest absolute Gasteiger partial charge is 0.238 e. The molecule has 1 atom stereocenters. The van der Waals surface area contributed by atoms with Crippen molar-refractivity contribution in [3.63, 3.8) is 0 Å². The first kappa shape index (κ1) is 28.1. The number of hydrogen-bond acceptors (Lipinski definition) is 7. The minimum Gasteiger partial charge on any atom is -0.379 e. The van der Waals surface area contributed by atoms with Crippen molar-refractivity contribution in [2.45, 2.75) is 32.5 Å². The molecule has 1 amide bonds. The van der Waals surface area contributed by atoms with E-state index in [2.05, 4.69) is 59.0 Å². The number of ether oxygens (including phenoxy) is 1. The molecule has 9 nitrogen and oxygen atoms in total. The van der Waals surface area contributed by atoms with Crippen molar-refractivity contribution in [1.82, 2.24) is 24.6 Å². The lowest BCUT2D eigenvalue weighted by molar-refractivity contribution is -0.116. The number of carbonyl (C=O) groups is 1. The monoisotopic (exact) mass is 565 g/mol. The summed E-state index contributed by atoms with van der Waals surface area (Å²) in [4.78, 5) is 21.2. The lowest BCUT2D eigenvalue weighted by Crippen LogP contribution is -2.35. The standard InChI is InChI=1S/C33H39N7O2/c1-4-40-21-29(32(37-40)25-9-11-26(12-10-25)35-31(41)22-38(2)3)27-13-14-34-33-28(27)19-30(36-33)24-7-5-23(6-8-24)20-39-15-17-42-18-16-39/h5-14,21,30H,4,15-20,22H2,1-3H3,(H,34,36)(H,35,41). The zero-order valence-corrected chi connectivity index (χ0v) is 24.6. The van der Waals surface area contributed by atoms with Gasteiger partial charge >= 0.3 is 0 Å². The molecule has 2 aliphatic heterocycles. The second-order valence-electron chi connectivity index (χ2n) is 11.3. The number of pyridine rings is 1. The minimum atomic E-state index is -0.0372. The number of hydrogen-bond donors (Lipinski definition) is 2. The summed E-state index contributed by atoms with van der Waals surface area (Å²) in [5.41, 5.74) is 8.74. The van der Waals surface area contributed by atoms with Gasteiger partial charge in [0.2, 0.25) is 5.91 Å². The topological polar surface area (TPSA) is 87.5 Å². The molecule has 218 valence electrons. The van der Waals surface area contributed by atoms with Crippen molar-refractivity contribution >= 4 is 17.4 Å². The maximum Gasteiger partial charge on any atom is 0.238 e. The van der Waals surface area contributed by atoms with Gasteiger partial charge in [0.25, 0.3) is 0 Å². The summed E-state index contributed by atoms with van der Waals surface area (Å²) in [5, 5.41) is 11.6. The number of nitrogens with zero attached hydrogens (tertiary/aromatic N) is 5. The maximum atomic E-state index is 12.2. The molecule has 0 aliphatic carbocycles. The second kappa shape index (κ2) is 12.4. The van der Waals surface area contributed by atoms with Gasteiger partial charge in [-0.3, -0.25) is 14.4 Å². The number of amides is 1. The number of aromatic nitrogens is 3. The summed E-state index contributed by atoms with van der Waals surface area (Å²) in [7, 11) is 3.76. The normalized spacial score (nSPS) is 16.8. The van der Waals surface area contributed by atoms with Crippen molar-refractivity contribution in [2.75, 3.05) is 57.6 Å². The molecule has 0 spiro atoms. The van der Waals surface area contributed by atoms with Crippen molar-refractivity contribution in [1.29, 1.82) is 0 Å². The van der Waals surface area contributed by atoms with E-state index in [4.69, 9.17) is 14.8 Å². The third-order valence-corrected chi connectivity index (χ3v) is 7.94. The first-order valence-corrected chi connectivity index (χ1v) is 14.7. The summed E-state index contributed by atoms with van der Waals surface area (Å²) in [6, 6.07) is 19.2. The summed E-state index contributed by atoms with van der Waals surface area (Å²) >= 11 is 0. The molecular weight excluding hydrogens is 526 g/mol. The molecular formula is C33H39N7O2. The summed E-state index contributed by atoms with van der Waals surface area (Å²) in [6.45, 7) is 7.79. The average Bonchev–Trinajstić information content (AvgIpc) is 3.63. The molecule has 1 unspecified atom stereocenters. The Morgan fingerprint density at radius 1 is 1.05 bits per heavy atom. The molecule has 2 aromatic heterocycles. The van der Waals surface area contributed by atoms with Crippen LogP contribution in [-0.4, -0.2) is 77.4 Å². The Balaban J connectivity index is 1.22. The predicted octanol–water partition coefficient (Wildman–Crippen LogP) is 4.67. The Morgan fingerprint density at radius 3 is 2.52 bits per heavy atom. The number of rotatable bonds is 9. The first-order chi connectivity index (χ1) is 20.5. The molecule has 1 saturated heterocycles. The number of nitrogens with one attached hydrogen (secondary N) is 2. The Labute approximate surface area is 247 Å². The zero-order chi connectivity index (χ0) is 29.1. The summed E-state index contributed by atoms with van der Waals surface area (Å²) < 4.78 is 7.47. The van der Waals surface area contributed by atoms with Crippen LogP contribution in [0.25, 0.3) is 22.4 Å². The van der Waals surface area contributed by atoms with Crippen LogP contribution in [0.1, 0.15) is 29.7 Å². The van der Waals surface area contributed by atoms with Crippen molar-refractivity contribution in [3.05, 3.63) is 83.7 Å². The van der Waals surface area contributed by atoms with Gasteiger partial charge in [0.15, 0.2) is 0 Å². The predicted molar refractivity (Wildman–Crippen MR) is 166 cm³/mol. The fourth-order valence-electron chi connectivity index (χ4n) is 5.76. The van der Waals surface area contributed by atoms with Gasteiger partial charge in [0.05, 0.1) is 25.8 Å². The van der Waals surface area contributed by atoms with E-state index in [1.165, 1.54) is 16.7 Å². The molecule has 9 heteroatoms. The minimum absolute atomic E-state index is 0.0372. The van der Waals surface area contributed by atoms with Gasteiger partial charge in [-0.25, -0.2) is 4.98 Å². The number of likely N-dealkylation sites (N-methyl/N-ethyl adjacent to an activating group) is 1. The summed E-state index contributed by atoms with van der Waals surface area (Å²) in [6.07, 6.45) is 4.87. The van der Waals surface area contributed by atoms with Crippen LogP contribution in [0.2, 0.25) is 0 Å². The van der Waals surface area contributed by atoms with Crippen LogP contribution in [0.15, 0.2) is 67.0 Å². The lowest BCUT2D eigenvalue weighted by Gasteiger charge is -2.26. The van der Waals surface area contributed by atoms with Crippen LogP contribution in [0, 0.1) is 0 Å². The fraction of sp³-hybridized carbons (Fsp3) is 0.364. The SMILES string of the molecule is CCn1cc(-c2ccnc3c2CC(c2ccc(CN4CCOCC4)cc2)N3)c(-c2ccc(NC(=O)CN(C)C)cc2)n1. The van der Waals surface area contributed by atoms with Crippen LogP contribution in [0.5, 0.6) is 0 Å². The zero-order valence-electron chi connectivity index (χ0n) is 24.6. The van der Waals surface area contributed by atoms with Gasteiger partial charge < -0.3 is 20.3 Å². The van der Waals surface area contributed by atoms with Crippen molar-refractivity contribution < 1.29 is 9.53 Å². The number of morpholine rings is 1. The Hall–Kier alpha value is -4.05. The first-order valence-electron chi connectivity index (χ1n) is 14.7. The molecule has 0 radical (unpaired) electrons. The average molecular weight is 566 g/mol. The molecule has 6 rings (SSSR count). The van der Waals surface area contributed by atoms with E-state index in [1.807, 2.05) is 54.1 Å². The van der Waals surface area contributed by atoms with Crippen molar-refractivity contribution in [3.8, 4) is 22.4 Å². The summed E-state index contributed by atoms with van der Waals surface area (Å²) in [5.74, 6) is 0.897. The highest BCUT2D eigenvalue weighted by Gasteiger charge is 2.28. The van der Waals surface area contributed by atoms with Gasteiger partial charge in [-0.05, 0) is 55.9 Å². The van der Waals surface area contributed by atoms with Crippen LogP contribution in [-0.2, 0) is 29.0 Å². The van der Waals surface area contributed by atoms with Gasteiger partial charge in [0, 0.05) is 67.4 Å². The Kier molecular flexibility index (Phi) is 8.32. The van der Waals surface area contributed by atoms with E-state index in [9.17, 15) is 4.79 Å². The Morgan fingerprint density at radius 2 is 1.81 bits per heavy atom. The Bertz CT molecular complexity index is 1520. The van der Waals surface area contributed by atoms with E-state index >= 15 is 0 Å². The van der Waals surface area contributed by atoms with Gasteiger partial charge in [-0.1, -0.05) is 36.4 Å². The molecule has 2 aliphatic rings. The van der Waals surface area contributed by atoms with Gasteiger partial charge in [-0.2, -0.15) is 5.10 Å². The van der Waals surface area contributed by atoms with E-state index < -0.39 is 0 Å². The van der Waals surface area contributed by atoms with Gasteiger partial charge in [-0.15, -0.1) is 0 Å². The molecule has 4 heterocycles. The van der Waals surface area contributed by atoms with Gasteiger partial charge in [0.1, 0.15) is 11.5 Å². The highest BCUT2D eigenvalue weighted by Crippen LogP contribution is 2.41. The highest BCUT2D eigenvalue weighted by atomic mass is 16.5. The number of anilines is 2. The van der Waals surface area contributed by atoms with Crippen LogP contribution in [0.3, 0.4) is 0 Å². The molecule has 2 N–H and O–H groups in total. The molecule has 2 aromatic carbocycles. The third kappa shape index (κ3) is 6.23. The number of benzene rings is 2. The molecule has 0 saturated carbocycles. The second-order valence-corrected chi connectivity index (χ2v) is 11.3. The number of aryl methyl sites for hydroxylation is 1. The molecule has 42 heavy (non-hydrogen) atoms. The van der Waals surface area contributed by atoms with Crippen LogP contribution in [0.4, 0.5) is 11.5 Å². The van der Waals surface area contributed by atoms with E-state index in [0.717, 1.165) is 79.7 Å². The largest absolute Gasteiger partial charge is 0.379 e. The number of fused-ring (bicyclic) bond motifs is 1. The number of carbonyl (C=O) groups excluding carboxylic acids is 1. The quantitative estimate of drug-likeness (QED) is 0.305. The third-order valence-electron chi connectivity index (χ3n) is 7.94. The van der Waals surface area contributed by atoms with Crippen molar-refractivity contribution in [2.24, 2.45) is 0 Å². The van der Waals surface area contributed by atoms with Crippen LogP contribution < -0.4 is 10.6 Å². The fourth-order valence-corrected chi connectivity index (χ4v) is 5.76. The molecule has 1 fully saturated rings. The maximum absolute atomic E-state index is 12.2. The van der Waals surface area contributed by atoms with E-state index in [-0.39, 0.29) is 11.9 Å². The van der Waals surface area contributed by atoms with E-state index in [1.54, 1.807) is 0 Å². The lowest BCUT2D eigenvalue weighted by atomic mass is 9.95. The van der Waals surface area contributed by atoms with Crippen LogP contribution >= 0.6 is 0 Å². The highest BCUT2D eigenvalue weighted by molar-refractivity contribution is 5.92. The molecule has 0 bridgehead atoms. The van der Waals surface area contributed by atoms with E-state index in [0.29, 0.717) is 6.54 Å². The molecule has 4 aromatic rings.